The first-order chi connectivity index (χ1) is 34.5. The minimum atomic E-state index is -0.788. The fourth-order valence-electron chi connectivity index (χ4n) is 8.16. The highest BCUT2D eigenvalue weighted by atomic mass is 16.6. The first-order valence-electron chi connectivity index (χ1n) is 29.6. The number of hydrogen-bond donors (Lipinski definition) is 0. The Balaban J connectivity index is 4.40. The minimum Gasteiger partial charge on any atom is -0.462 e. The number of unbranched alkanes of at least 4 members (excludes halogenated alkanes) is 28. The van der Waals surface area contributed by atoms with Gasteiger partial charge in [0.15, 0.2) is 6.10 Å². The number of rotatable bonds is 53. The number of hydrogen-bond acceptors (Lipinski definition) is 6. The maximum absolute atomic E-state index is 12.9. The standard InChI is InChI=1S/C64H110O6/c1-4-7-10-13-16-19-22-25-28-30-31-32-33-35-36-39-42-45-48-51-54-57-63(66)69-60-61(59-68-62(65)56-53-50-47-44-41-38-27-24-21-18-15-12-9-6-3)70-64(67)58-55-52-49-46-43-40-37-34-29-26-23-20-17-14-11-8-5-2/h7,10,16-17,19-20,24-29,31-32,61H,4-6,8-9,11-15,18,21-23,30,33-60H2,1-3H3/b10-7-,19-16-,20-17-,27-24-,28-25-,29-26-,32-31-. The first kappa shape index (κ1) is 66.6. The van der Waals surface area contributed by atoms with Gasteiger partial charge in [-0.15, -0.1) is 0 Å². The zero-order chi connectivity index (χ0) is 50.7. The fourth-order valence-corrected chi connectivity index (χ4v) is 8.16. The second-order valence-electron chi connectivity index (χ2n) is 19.5. The molecule has 0 spiro atoms. The van der Waals surface area contributed by atoms with E-state index in [1.807, 2.05) is 0 Å². The van der Waals surface area contributed by atoms with Crippen molar-refractivity contribution in [3.8, 4) is 0 Å². The Morgan fingerprint density at radius 3 is 0.914 bits per heavy atom. The smallest absolute Gasteiger partial charge is 0.306 e. The minimum absolute atomic E-state index is 0.0861. The highest BCUT2D eigenvalue weighted by molar-refractivity contribution is 5.71. The summed E-state index contributed by atoms with van der Waals surface area (Å²) in [5, 5.41) is 0. The zero-order valence-electron chi connectivity index (χ0n) is 46.0. The van der Waals surface area contributed by atoms with Crippen molar-refractivity contribution in [1.82, 2.24) is 0 Å². The van der Waals surface area contributed by atoms with Crippen molar-refractivity contribution in [3.63, 3.8) is 0 Å². The van der Waals surface area contributed by atoms with E-state index in [0.29, 0.717) is 19.3 Å². The average Bonchev–Trinajstić information content (AvgIpc) is 3.36. The molecule has 1 atom stereocenters. The van der Waals surface area contributed by atoms with E-state index in [1.165, 1.54) is 135 Å². The van der Waals surface area contributed by atoms with Crippen LogP contribution in [0.2, 0.25) is 0 Å². The molecule has 0 heterocycles. The van der Waals surface area contributed by atoms with E-state index in [-0.39, 0.29) is 31.1 Å². The second-order valence-corrected chi connectivity index (χ2v) is 19.5. The second kappa shape index (κ2) is 58.2. The lowest BCUT2D eigenvalue weighted by Gasteiger charge is -2.18. The Hall–Kier alpha value is -3.41. The molecule has 0 N–H and O–H groups in total. The number of carbonyl (C=O) groups is 3. The molecule has 0 aromatic carbocycles. The first-order valence-corrected chi connectivity index (χ1v) is 29.6. The summed E-state index contributed by atoms with van der Waals surface area (Å²) in [6.45, 7) is 6.49. The van der Waals surface area contributed by atoms with Gasteiger partial charge < -0.3 is 14.2 Å². The van der Waals surface area contributed by atoms with Gasteiger partial charge >= 0.3 is 17.9 Å². The maximum atomic E-state index is 12.9. The average molecular weight is 976 g/mol. The summed E-state index contributed by atoms with van der Waals surface area (Å²) in [5.41, 5.74) is 0. The van der Waals surface area contributed by atoms with E-state index in [4.69, 9.17) is 14.2 Å². The van der Waals surface area contributed by atoms with Gasteiger partial charge in [-0.25, -0.2) is 0 Å². The molecular formula is C64H110O6. The van der Waals surface area contributed by atoms with Crippen LogP contribution in [-0.4, -0.2) is 37.2 Å². The Morgan fingerprint density at radius 2 is 0.557 bits per heavy atom. The van der Waals surface area contributed by atoms with Gasteiger partial charge in [0.25, 0.3) is 0 Å². The van der Waals surface area contributed by atoms with Crippen LogP contribution in [0.4, 0.5) is 0 Å². The van der Waals surface area contributed by atoms with Crippen LogP contribution in [-0.2, 0) is 28.6 Å². The predicted octanol–water partition coefficient (Wildman–Crippen LogP) is 19.9. The van der Waals surface area contributed by atoms with Crippen LogP contribution < -0.4 is 0 Å². The molecule has 6 nitrogen and oxygen atoms in total. The summed E-state index contributed by atoms with van der Waals surface area (Å²) in [6, 6.07) is 0. The van der Waals surface area contributed by atoms with Crippen molar-refractivity contribution in [1.29, 1.82) is 0 Å². The molecule has 0 saturated carbocycles. The molecule has 0 rings (SSSR count). The van der Waals surface area contributed by atoms with Crippen LogP contribution in [0.15, 0.2) is 85.1 Å². The third-order valence-electron chi connectivity index (χ3n) is 12.6. The molecule has 0 aromatic heterocycles. The number of carbonyl (C=O) groups excluding carboxylic acids is 3. The molecule has 6 heteroatoms. The van der Waals surface area contributed by atoms with E-state index >= 15 is 0 Å². The van der Waals surface area contributed by atoms with Crippen LogP contribution in [0.5, 0.6) is 0 Å². The van der Waals surface area contributed by atoms with Crippen LogP contribution >= 0.6 is 0 Å². The summed E-state index contributed by atoms with van der Waals surface area (Å²) in [6.07, 6.45) is 75.7. The predicted molar refractivity (Wildman–Crippen MR) is 302 cm³/mol. The van der Waals surface area contributed by atoms with Crippen molar-refractivity contribution in [2.75, 3.05) is 13.2 Å². The van der Waals surface area contributed by atoms with E-state index < -0.39 is 6.10 Å². The van der Waals surface area contributed by atoms with Gasteiger partial charge in [-0.3, -0.25) is 14.4 Å². The number of esters is 3. The van der Waals surface area contributed by atoms with Crippen LogP contribution in [0, 0.1) is 0 Å². The molecule has 0 aliphatic rings. The molecule has 0 aromatic rings. The molecule has 0 bridgehead atoms. The largest absolute Gasteiger partial charge is 0.462 e. The summed E-state index contributed by atoms with van der Waals surface area (Å²) < 4.78 is 16.9. The number of allylic oxidation sites excluding steroid dienone is 14. The van der Waals surface area contributed by atoms with E-state index in [0.717, 1.165) is 109 Å². The van der Waals surface area contributed by atoms with Crippen molar-refractivity contribution < 1.29 is 28.6 Å². The van der Waals surface area contributed by atoms with Crippen molar-refractivity contribution >= 4 is 17.9 Å². The molecule has 402 valence electrons. The third-order valence-corrected chi connectivity index (χ3v) is 12.6. The quantitative estimate of drug-likeness (QED) is 0.0261. The van der Waals surface area contributed by atoms with Gasteiger partial charge in [-0.2, -0.15) is 0 Å². The molecule has 0 radical (unpaired) electrons. The lowest BCUT2D eigenvalue weighted by atomic mass is 10.1. The van der Waals surface area contributed by atoms with Gasteiger partial charge in [-0.05, 0) is 116 Å². The van der Waals surface area contributed by atoms with Crippen molar-refractivity contribution in [2.24, 2.45) is 0 Å². The molecular weight excluding hydrogens is 865 g/mol. The SMILES string of the molecule is CC/C=C\C/C=C\C/C=C\C/C=C\CCCCCCCCCCC(=O)OCC(COC(=O)CCCCCCC/C=C\CCCCCCC)OC(=O)CCCCCCCCC/C=C\C/C=C\CCCCC. The van der Waals surface area contributed by atoms with Gasteiger partial charge in [0.2, 0.25) is 0 Å². The van der Waals surface area contributed by atoms with Gasteiger partial charge in [0.1, 0.15) is 13.2 Å². The molecule has 70 heavy (non-hydrogen) atoms. The van der Waals surface area contributed by atoms with Crippen LogP contribution in [0.25, 0.3) is 0 Å². The molecule has 0 fully saturated rings. The van der Waals surface area contributed by atoms with Crippen molar-refractivity contribution in [3.05, 3.63) is 85.1 Å². The highest BCUT2D eigenvalue weighted by Gasteiger charge is 2.19. The Morgan fingerprint density at radius 1 is 0.300 bits per heavy atom. The molecule has 0 aliphatic carbocycles. The Bertz CT molecular complexity index is 1350. The van der Waals surface area contributed by atoms with Gasteiger partial charge in [0, 0.05) is 19.3 Å². The molecule has 0 saturated heterocycles. The normalized spacial score (nSPS) is 12.7. The molecule has 0 amide bonds. The maximum Gasteiger partial charge on any atom is 0.306 e. The Kier molecular flexibility index (Phi) is 55.3. The van der Waals surface area contributed by atoms with Crippen LogP contribution in [0.1, 0.15) is 284 Å². The van der Waals surface area contributed by atoms with E-state index in [9.17, 15) is 14.4 Å². The van der Waals surface area contributed by atoms with E-state index in [1.54, 1.807) is 0 Å². The monoisotopic (exact) mass is 975 g/mol. The highest BCUT2D eigenvalue weighted by Crippen LogP contribution is 2.15. The summed E-state index contributed by atoms with van der Waals surface area (Å²) in [5.74, 6) is -0.903. The summed E-state index contributed by atoms with van der Waals surface area (Å²) >= 11 is 0. The van der Waals surface area contributed by atoms with Crippen molar-refractivity contribution in [2.45, 2.75) is 290 Å². The molecule has 0 aliphatic heterocycles. The Labute approximate surface area is 433 Å². The van der Waals surface area contributed by atoms with Crippen LogP contribution in [0.3, 0.4) is 0 Å². The van der Waals surface area contributed by atoms with Gasteiger partial charge in [-0.1, -0.05) is 234 Å². The lowest BCUT2D eigenvalue weighted by Crippen LogP contribution is -2.30. The topological polar surface area (TPSA) is 78.9 Å². The fraction of sp³-hybridized carbons (Fsp3) is 0.734. The lowest BCUT2D eigenvalue weighted by molar-refractivity contribution is -0.167. The van der Waals surface area contributed by atoms with E-state index in [2.05, 4.69) is 106 Å². The van der Waals surface area contributed by atoms with Gasteiger partial charge in [0.05, 0.1) is 0 Å². The summed E-state index contributed by atoms with van der Waals surface area (Å²) in [4.78, 5) is 38.2. The molecule has 1 unspecified atom stereocenters. The number of ether oxygens (including phenoxy) is 3. The summed E-state index contributed by atoms with van der Waals surface area (Å²) in [7, 11) is 0. The third kappa shape index (κ3) is 55.5. The zero-order valence-corrected chi connectivity index (χ0v) is 46.0.